The van der Waals surface area contributed by atoms with Crippen LogP contribution in [-0.4, -0.2) is 25.2 Å². The highest BCUT2D eigenvalue weighted by atomic mass is 32.1. The van der Waals surface area contributed by atoms with Crippen LogP contribution < -0.4 is 22.1 Å². The summed E-state index contributed by atoms with van der Waals surface area (Å²) in [6.45, 7) is 30.6. The van der Waals surface area contributed by atoms with Gasteiger partial charge in [-0.05, 0) is 45.1 Å². The molecule has 0 aliphatic rings. The summed E-state index contributed by atoms with van der Waals surface area (Å²) >= 11 is 3.03. The summed E-state index contributed by atoms with van der Waals surface area (Å²) in [4.78, 5) is 4.93. The van der Waals surface area contributed by atoms with Gasteiger partial charge in [-0.15, -0.1) is 12.8 Å². The van der Waals surface area contributed by atoms with Crippen molar-refractivity contribution in [2.75, 3.05) is 13.7 Å². The Balaban J connectivity index is -0.0000000623. The summed E-state index contributed by atoms with van der Waals surface area (Å²) in [7, 11) is 1.64. The molecular formula is C29H76N4OS. The smallest absolute Gasteiger partial charge is 0.0572 e. The molecule has 35 heavy (non-hydrogen) atoms. The highest BCUT2D eigenvalue weighted by Crippen LogP contribution is 2.23. The largest absolute Gasteiger partial charge is 0.330 e. The van der Waals surface area contributed by atoms with Crippen LogP contribution in [0, 0.1) is 5.41 Å². The molecule has 5 nitrogen and oxygen atoms in total. The number of nitrogens with two attached hydrogens (primary N) is 3. The highest BCUT2D eigenvalue weighted by Gasteiger charge is 2.24. The third-order valence-electron chi connectivity index (χ3n) is 4.04. The fraction of sp³-hybridized carbons (Fsp3) is 1.00. The average molecular weight is 529 g/mol. The Morgan fingerprint density at radius 1 is 0.686 bits per heavy atom. The van der Waals surface area contributed by atoms with Gasteiger partial charge < -0.3 is 16.3 Å². The normalized spacial score (nSPS) is 10.4. The van der Waals surface area contributed by atoms with E-state index in [1.54, 1.807) is 7.11 Å². The maximum atomic E-state index is 6.08. The minimum absolute atomic E-state index is 0.0561. The number of hydroxylamine groups is 1. The number of thiol groups is 1. The molecule has 0 saturated heterocycles. The zero-order valence-electron chi connectivity index (χ0n) is 27.4. The first-order valence-electron chi connectivity index (χ1n) is 14.4. The van der Waals surface area contributed by atoms with E-state index in [1.807, 2.05) is 27.7 Å². The second kappa shape index (κ2) is 47.4. The van der Waals surface area contributed by atoms with E-state index < -0.39 is 0 Å². The van der Waals surface area contributed by atoms with Gasteiger partial charge in [0.15, 0.2) is 0 Å². The summed E-state index contributed by atoms with van der Waals surface area (Å²) in [5, 5.41) is 4.19. The van der Waals surface area contributed by atoms with Gasteiger partial charge in [0.05, 0.1) is 7.11 Å². The van der Waals surface area contributed by atoms with Gasteiger partial charge in [0.1, 0.15) is 0 Å². The van der Waals surface area contributed by atoms with Crippen molar-refractivity contribution in [3.05, 3.63) is 0 Å². The summed E-state index contributed by atoms with van der Waals surface area (Å²) in [5.41, 5.74) is 14.4. The fourth-order valence-corrected chi connectivity index (χ4v) is 2.54. The van der Waals surface area contributed by atoms with Crippen LogP contribution in [0.25, 0.3) is 0 Å². The van der Waals surface area contributed by atoms with E-state index in [0.29, 0.717) is 5.41 Å². The lowest BCUT2D eigenvalue weighted by atomic mass is 9.84. The van der Waals surface area contributed by atoms with Crippen molar-refractivity contribution < 1.29 is 4.84 Å². The Hall–Kier alpha value is 0.150. The van der Waals surface area contributed by atoms with Crippen molar-refractivity contribution >= 4 is 12.8 Å². The van der Waals surface area contributed by atoms with Crippen LogP contribution >= 0.6 is 12.8 Å². The lowest BCUT2D eigenvalue weighted by Crippen LogP contribution is -2.44. The van der Waals surface area contributed by atoms with Gasteiger partial charge in [-0.2, -0.15) is 5.48 Å². The average Bonchev–Trinajstić information content (AvgIpc) is 2.81. The van der Waals surface area contributed by atoms with Crippen LogP contribution in [0.15, 0.2) is 0 Å². The Labute approximate surface area is 231 Å². The maximum absolute atomic E-state index is 6.08. The van der Waals surface area contributed by atoms with Crippen molar-refractivity contribution in [1.82, 2.24) is 5.48 Å². The number of hydrogen-bond acceptors (Lipinski definition) is 6. The van der Waals surface area contributed by atoms with Gasteiger partial charge in [-0.3, -0.25) is 5.14 Å². The zero-order valence-corrected chi connectivity index (χ0v) is 28.3. The van der Waals surface area contributed by atoms with Crippen LogP contribution in [0.5, 0.6) is 0 Å². The first-order chi connectivity index (χ1) is 16.4. The fourth-order valence-electron chi connectivity index (χ4n) is 2.54. The summed E-state index contributed by atoms with van der Waals surface area (Å²) in [6, 6.07) is 0.215. The van der Waals surface area contributed by atoms with Gasteiger partial charge in [-0.25, -0.2) is 0 Å². The van der Waals surface area contributed by atoms with Crippen LogP contribution in [-0.2, 0) is 4.84 Å². The Morgan fingerprint density at radius 2 is 1.03 bits per heavy atom. The third kappa shape index (κ3) is 86.9. The molecule has 0 rings (SSSR count). The molecule has 6 heteroatoms. The van der Waals surface area contributed by atoms with Crippen LogP contribution in [0.1, 0.15) is 161 Å². The monoisotopic (exact) mass is 529 g/mol. The van der Waals surface area contributed by atoms with Crippen LogP contribution in [0.3, 0.4) is 0 Å². The molecule has 0 amide bonds. The molecule has 0 heterocycles. The molecule has 0 fully saturated rings. The third-order valence-corrected chi connectivity index (χ3v) is 4.04. The molecule has 0 aliphatic heterocycles. The topological polar surface area (TPSA) is 99.3 Å². The standard InChI is InChI=1S/C11H26N2O.C6H14.C4H11N.C4H10.2C2H6.H3NS/c1-10(2,3)7-9(12)8-11(4,5)13-14-6;1-3-5-6-4-2;1-2-3-4-5;1-3-4-2;3*1-2/h9,13H,7-8,12H2,1-6H3;3-6H2,1-2H3;2-5H2,1H3;3-4H2,1-2H3;2*1-2H3;2H,1H2. The van der Waals surface area contributed by atoms with E-state index in [2.05, 4.69) is 92.7 Å². The second-order valence-corrected chi connectivity index (χ2v) is 9.77. The van der Waals surface area contributed by atoms with E-state index in [-0.39, 0.29) is 11.6 Å². The van der Waals surface area contributed by atoms with Gasteiger partial charge >= 0.3 is 0 Å². The van der Waals surface area contributed by atoms with Crippen LogP contribution in [0.2, 0.25) is 0 Å². The van der Waals surface area contributed by atoms with Crippen molar-refractivity contribution in [2.45, 2.75) is 173 Å². The molecule has 0 aromatic carbocycles. The highest BCUT2D eigenvalue weighted by molar-refractivity contribution is 7.77. The van der Waals surface area contributed by atoms with E-state index in [0.717, 1.165) is 19.4 Å². The molecule has 1 atom stereocenters. The predicted molar refractivity (Wildman–Crippen MR) is 171 cm³/mol. The van der Waals surface area contributed by atoms with Gasteiger partial charge in [0, 0.05) is 11.6 Å². The van der Waals surface area contributed by atoms with Gasteiger partial charge in [0.25, 0.3) is 0 Å². The quantitative estimate of drug-likeness (QED) is 0.105. The molecular weight excluding hydrogens is 452 g/mol. The maximum Gasteiger partial charge on any atom is 0.0572 e. The SMILES string of the molecule is CC.CC.CCCC.CCCCCC.CCCCN.CONC(C)(C)CC(N)CC(C)(C)C.NS. The van der Waals surface area contributed by atoms with Crippen molar-refractivity contribution in [2.24, 2.45) is 22.0 Å². The van der Waals surface area contributed by atoms with E-state index in [4.69, 9.17) is 16.3 Å². The molecule has 1 unspecified atom stereocenters. The van der Waals surface area contributed by atoms with Gasteiger partial charge in [0.2, 0.25) is 0 Å². The van der Waals surface area contributed by atoms with E-state index in [9.17, 15) is 0 Å². The molecule has 0 bridgehead atoms. The minimum Gasteiger partial charge on any atom is -0.330 e. The Bertz CT molecular complexity index is 278. The second-order valence-electron chi connectivity index (χ2n) is 9.77. The number of hydrogen-bond donors (Lipinski definition) is 5. The summed E-state index contributed by atoms with van der Waals surface area (Å²) in [5.74, 6) is 0. The number of nitrogens with one attached hydrogen (secondary N) is 1. The first kappa shape index (κ1) is 51.7. The Kier molecular flexibility index (Phi) is 70.0. The molecule has 224 valence electrons. The zero-order chi connectivity index (χ0) is 29.8. The molecule has 0 spiro atoms. The Morgan fingerprint density at radius 3 is 1.20 bits per heavy atom. The lowest BCUT2D eigenvalue weighted by molar-refractivity contribution is 0.0196. The predicted octanol–water partition coefficient (Wildman–Crippen LogP) is 9.05. The lowest BCUT2D eigenvalue weighted by Gasteiger charge is -2.31. The van der Waals surface area contributed by atoms with E-state index in [1.165, 1.54) is 51.4 Å². The molecule has 7 N–H and O–H groups in total. The van der Waals surface area contributed by atoms with Crippen molar-refractivity contribution in [3.63, 3.8) is 0 Å². The van der Waals surface area contributed by atoms with Crippen molar-refractivity contribution in [3.8, 4) is 0 Å². The first-order valence-corrected chi connectivity index (χ1v) is 14.9. The summed E-state index contributed by atoms with van der Waals surface area (Å²) < 4.78 is 0. The molecule has 0 aliphatic carbocycles. The molecule has 0 aromatic rings. The minimum atomic E-state index is -0.0561. The van der Waals surface area contributed by atoms with Gasteiger partial charge in [-0.1, -0.05) is 128 Å². The van der Waals surface area contributed by atoms with E-state index >= 15 is 0 Å². The van der Waals surface area contributed by atoms with Crippen molar-refractivity contribution in [1.29, 1.82) is 0 Å². The van der Waals surface area contributed by atoms with Crippen LogP contribution in [0.4, 0.5) is 0 Å². The summed E-state index contributed by atoms with van der Waals surface area (Å²) in [6.07, 6.45) is 12.5. The molecule has 0 saturated carbocycles. The number of unbranched alkanes of at least 4 members (excludes halogenated alkanes) is 5. The number of rotatable bonds is 11. The molecule has 0 radical (unpaired) electrons. The molecule has 0 aromatic heterocycles.